The Hall–Kier alpha value is -2.84. The Morgan fingerprint density at radius 2 is 1.66 bits per heavy atom. The van der Waals surface area contributed by atoms with Gasteiger partial charge in [-0.25, -0.2) is 4.98 Å². The zero-order chi connectivity index (χ0) is 23.9. The van der Waals surface area contributed by atoms with E-state index in [1.54, 1.807) is 0 Å². The number of hydrogen-bond acceptors (Lipinski definition) is 5. The minimum atomic E-state index is -5.81. The summed E-state index contributed by atoms with van der Waals surface area (Å²) in [6.45, 7) is -1.99. The van der Waals surface area contributed by atoms with Crippen molar-refractivity contribution in [3.63, 3.8) is 0 Å². The van der Waals surface area contributed by atoms with Crippen molar-refractivity contribution in [2.75, 3.05) is 17.7 Å². The zero-order valence-corrected chi connectivity index (χ0v) is 16.3. The molecule has 0 aliphatic carbocycles. The molecule has 0 fully saturated rings. The smallest absolute Gasteiger partial charge is 0.456 e. The van der Waals surface area contributed by atoms with Crippen LogP contribution in [0.25, 0.3) is 5.69 Å². The summed E-state index contributed by atoms with van der Waals surface area (Å²) in [4.78, 5) is 28.2. The molecule has 1 amide bonds. The number of halogens is 8. The van der Waals surface area contributed by atoms with E-state index in [1.165, 1.54) is 0 Å². The summed E-state index contributed by atoms with van der Waals surface area (Å²) in [5.41, 5.74) is -0.990. The number of aromatic nitrogens is 2. The van der Waals surface area contributed by atoms with Crippen LogP contribution in [0.4, 0.5) is 40.9 Å². The molecule has 32 heavy (non-hydrogen) atoms. The molecular formula is C17H11F8N3O3S. The van der Waals surface area contributed by atoms with E-state index in [-0.39, 0.29) is 35.3 Å². The molecule has 0 radical (unpaired) electrons. The number of carbonyl (C=O) groups excluding carboxylic acids is 1. The van der Waals surface area contributed by atoms with E-state index in [2.05, 4.69) is 15.0 Å². The van der Waals surface area contributed by atoms with Gasteiger partial charge in [-0.15, -0.1) is 0 Å². The summed E-state index contributed by atoms with van der Waals surface area (Å²) in [6, 6.07) is 4.06. The molecule has 3 rings (SSSR count). The lowest BCUT2D eigenvalue weighted by molar-refractivity contribution is -0.290. The first kappa shape index (κ1) is 23.8. The maximum atomic E-state index is 13.0. The van der Waals surface area contributed by atoms with Gasteiger partial charge in [0.1, 0.15) is 11.6 Å². The van der Waals surface area contributed by atoms with Crippen LogP contribution >= 0.6 is 11.8 Å². The molecule has 174 valence electrons. The van der Waals surface area contributed by atoms with Gasteiger partial charge in [-0.1, -0.05) is 11.8 Å². The van der Waals surface area contributed by atoms with Gasteiger partial charge in [0.15, 0.2) is 11.8 Å². The van der Waals surface area contributed by atoms with Crippen LogP contribution < -0.4 is 15.6 Å². The molecule has 6 nitrogen and oxygen atoms in total. The Labute approximate surface area is 177 Å². The molecule has 1 aromatic carbocycles. The predicted molar refractivity (Wildman–Crippen MR) is 95.4 cm³/mol. The average Bonchev–Trinajstić information content (AvgIpc) is 3.05. The Morgan fingerprint density at radius 1 is 1.03 bits per heavy atom. The number of rotatable bonds is 6. The van der Waals surface area contributed by atoms with Crippen LogP contribution in [0.5, 0.6) is 5.75 Å². The van der Waals surface area contributed by atoms with Crippen LogP contribution in [0.15, 0.2) is 34.2 Å². The summed E-state index contributed by atoms with van der Waals surface area (Å²) in [7, 11) is 0. The lowest BCUT2D eigenvalue weighted by atomic mass is 10.2. The third kappa shape index (κ3) is 5.14. The number of thioether (sulfide) groups is 1. The van der Waals surface area contributed by atoms with E-state index >= 15 is 0 Å². The van der Waals surface area contributed by atoms with Gasteiger partial charge < -0.3 is 10.1 Å². The van der Waals surface area contributed by atoms with Crippen LogP contribution in [0.1, 0.15) is 5.56 Å². The van der Waals surface area contributed by atoms with Crippen LogP contribution in [-0.4, -0.2) is 46.1 Å². The minimum absolute atomic E-state index is 0.0655. The highest BCUT2D eigenvalue weighted by molar-refractivity contribution is 7.99. The molecule has 2 heterocycles. The largest absolute Gasteiger partial charge is 0.487 e. The zero-order valence-electron chi connectivity index (χ0n) is 15.5. The van der Waals surface area contributed by atoms with Crippen molar-refractivity contribution >= 4 is 23.5 Å². The molecule has 1 aliphatic heterocycles. The summed E-state index contributed by atoms with van der Waals surface area (Å²) in [5.74, 6) is -7.66. The van der Waals surface area contributed by atoms with Gasteiger partial charge in [0.25, 0.3) is 5.56 Å². The molecule has 1 aromatic heterocycles. The number of anilines is 1. The first-order chi connectivity index (χ1) is 14.7. The fourth-order valence-corrected chi connectivity index (χ4v) is 3.32. The second-order valence-corrected chi connectivity index (χ2v) is 7.42. The summed E-state index contributed by atoms with van der Waals surface area (Å²) >= 11 is 0.171. The molecule has 0 spiro atoms. The van der Waals surface area contributed by atoms with E-state index in [0.29, 0.717) is 0 Å². The second-order valence-electron chi connectivity index (χ2n) is 6.48. The fraction of sp³-hybridized carbons (Fsp3) is 0.353. The number of alkyl halides is 8. The monoisotopic (exact) mass is 489 g/mol. The number of ether oxygens (including phenoxy) is 1. The normalized spacial score (nSPS) is 14.3. The van der Waals surface area contributed by atoms with E-state index in [4.69, 9.17) is 0 Å². The molecule has 0 bridgehead atoms. The highest BCUT2D eigenvalue weighted by Gasteiger charge is 2.58. The van der Waals surface area contributed by atoms with Crippen LogP contribution in [0, 0.1) is 0 Å². The first-order valence-corrected chi connectivity index (χ1v) is 9.49. The molecule has 0 unspecified atom stereocenters. The first-order valence-electron chi connectivity index (χ1n) is 8.51. The molecule has 1 aliphatic rings. The lowest BCUT2D eigenvalue weighted by Gasteiger charge is -2.20. The standard InChI is InChI=1S/C17H11F8N3O3S/c18-15(19,17(23,24)25)6-31-9-3-1-8(2-4-9)28-13(30)10-5-11(29)26-12(10)27-14(28)32-7-16(20,21)22/h1-4H,5-7H2,(H,26,29). The molecule has 0 saturated carbocycles. The van der Waals surface area contributed by atoms with Gasteiger partial charge >= 0.3 is 18.3 Å². The number of nitrogens with zero attached hydrogens (tertiary/aromatic N) is 2. The number of fused-ring (bicyclic) bond motifs is 1. The van der Waals surface area contributed by atoms with Gasteiger partial charge in [0.2, 0.25) is 5.91 Å². The molecule has 15 heteroatoms. The van der Waals surface area contributed by atoms with Crippen LogP contribution in [0.2, 0.25) is 0 Å². The van der Waals surface area contributed by atoms with E-state index in [1.807, 2.05) is 0 Å². The quantitative estimate of drug-likeness (QED) is 0.378. The Kier molecular flexibility index (Phi) is 6.14. The van der Waals surface area contributed by atoms with Crippen LogP contribution in [-0.2, 0) is 11.2 Å². The second kappa shape index (κ2) is 8.26. The minimum Gasteiger partial charge on any atom is -0.487 e. The van der Waals surface area contributed by atoms with Crippen molar-refractivity contribution in [3.05, 3.63) is 40.2 Å². The van der Waals surface area contributed by atoms with Crippen molar-refractivity contribution in [1.29, 1.82) is 0 Å². The maximum absolute atomic E-state index is 13.0. The SMILES string of the molecule is O=C1Cc2c(nc(SCC(F)(F)F)n(-c3ccc(OCC(F)(F)C(F)(F)F)cc3)c2=O)N1. The topological polar surface area (TPSA) is 73.2 Å². The van der Waals surface area contributed by atoms with Gasteiger partial charge in [-0.3, -0.25) is 14.2 Å². The van der Waals surface area contributed by atoms with Gasteiger partial charge in [0, 0.05) is 0 Å². The molecule has 1 N–H and O–H groups in total. The maximum Gasteiger partial charge on any atom is 0.456 e. The number of nitrogens with one attached hydrogen (secondary N) is 1. The lowest BCUT2D eigenvalue weighted by Crippen LogP contribution is -2.41. The van der Waals surface area contributed by atoms with Gasteiger partial charge in [-0.2, -0.15) is 35.1 Å². The third-order valence-corrected chi connectivity index (χ3v) is 5.04. The Bertz CT molecular complexity index is 1080. The van der Waals surface area contributed by atoms with Crippen molar-refractivity contribution in [1.82, 2.24) is 9.55 Å². The third-order valence-electron chi connectivity index (χ3n) is 4.04. The van der Waals surface area contributed by atoms with Crippen molar-refractivity contribution in [3.8, 4) is 11.4 Å². The molecular weight excluding hydrogens is 478 g/mol. The Balaban J connectivity index is 1.92. The number of carbonyl (C=O) groups is 1. The van der Waals surface area contributed by atoms with Gasteiger partial charge in [0.05, 0.1) is 23.4 Å². The van der Waals surface area contributed by atoms with Crippen molar-refractivity contribution in [2.45, 2.75) is 29.9 Å². The summed E-state index contributed by atoms with van der Waals surface area (Å²) in [5, 5.41) is 1.85. The average molecular weight is 489 g/mol. The predicted octanol–water partition coefficient (Wildman–Crippen LogP) is 3.96. The molecule has 2 aromatic rings. The number of amides is 1. The molecule has 0 atom stereocenters. The fourth-order valence-electron chi connectivity index (χ4n) is 2.55. The van der Waals surface area contributed by atoms with E-state index in [0.717, 1.165) is 28.8 Å². The number of benzene rings is 1. The summed E-state index contributed by atoms with van der Waals surface area (Å²) in [6.07, 6.45) is -10.8. The van der Waals surface area contributed by atoms with E-state index in [9.17, 15) is 44.7 Å². The summed E-state index contributed by atoms with van der Waals surface area (Å²) < 4.78 is 106. The highest BCUT2D eigenvalue weighted by Crippen LogP contribution is 2.36. The van der Waals surface area contributed by atoms with Crippen LogP contribution in [0.3, 0.4) is 0 Å². The molecule has 0 saturated heterocycles. The van der Waals surface area contributed by atoms with Crippen molar-refractivity contribution < 1.29 is 44.7 Å². The van der Waals surface area contributed by atoms with Crippen molar-refractivity contribution in [2.24, 2.45) is 0 Å². The Morgan fingerprint density at radius 3 is 2.22 bits per heavy atom. The highest BCUT2D eigenvalue weighted by atomic mass is 32.2. The van der Waals surface area contributed by atoms with E-state index < -0.39 is 53.0 Å². The number of hydrogen-bond donors (Lipinski definition) is 1. The van der Waals surface area contributed by atoms with Gasteiger partial charge in [-0.05, 0) is 24.3 Å².